The number of carbonyl (C=O) groups is 1. The molecule has 2 aliphatic heterocycles. The lowest BCUT2D eigenvalue weighted by atomic mass is 9.88. The molecule has 8 nitrogen and oxygen atoms in total. The lowest BCUT2D eigenvalue weighted by molar-refractivity contribution is -0.133. The first-order chi connectivity index (χ1) is 20.6. The highest BCUT2D eigenvalue weighted by Crippen LogP contribution is 2.49. The van der Waals surface area contributed by atoms with Crippen molar-refractivity contribution in [1.82, 2.24) is 14.5 Å². The number of fused-ring (bicyclic) bond motifs is 1. The normalized spacial score (nSPS) is 18.8. The van der Waals surface area contributed by atoms with Crippen LogP contribution in [0.15, 0.2) is 54.7 Å². The minimum Gasteiger partial charge on any atom is -0.444 e. The van der Waals surface area contributed by atoms with Crippen molar-refractivity contribution >= 4 is 17.6 Å². The number of carbonyl (C=O) groups excluding carboxylic acids is 1. The molecule has 1 fully saturated rings. The Labute approximate surface area is 252 Å². The minimum absolute atomic E-state index is 0.0395. The molecule has 43 heavy (non-hydrogen) atoms. The van der Waals surface area contributed by atoms with Crippen LogP contribution in [0.1, 0.15) is 56.0 Å². The maximum Gasteiger partial charge on any atom is 0.345 e. The zero-order chi connectivity index (χ0) is 30.7. The van der Waals surface area contributed by atoms with Gasteiger partial charge in [-0.05, 0) is 62.5 Å². The van der Waals surface area contributed by atoms with Crippen molar-refractivity contribution in [3.63, 3.8) is 0 Å². The van der Waals surface area contributed by atoms with E-state index in [2.05, 4.69) is 21.2 Å². The molecule has 3 aromatic rings. The third kappa shape index (κ3) is 6.84. The first-order valence-corrected chi connectivity index (χ1v) is 14.5. The molecule has 1 unspecified atom stereocenters. The fraction of sp³-hybridized carbons (Fsp3) is 0.419. The molecule has 0 saturated carbocycles. The third-order valence-corrected chi connectivity index (χ3v) is 8.03. The van der Waals surface area contributed by atoms with Gasteiger partial charge in [0.15, 0.2) is 11.5 Å². The molecule has 0 N–H and O–H groups in total. The Hall–Kier alpha value is -3.54. The summed E-state index contributed by atoms with van der Waals surface area (Å²) in [6, 6.07) is 10.1. The quantitative estimate of drug-likeness (QED) is 0.172. The van der Waals surface area contributed by atoms with Crippen molar-refractivity contribution in [2.45, 2.75) is 64.5 Å². The number of esters is 1. The largest absolute Gasteiger partial charge is 0.444 e. The zero-order valence-electron chi connectivity index (χ0n) is 24.0. The third-order valence-electron chi connectivity index (χ3n) is 7.80. The molecule has 230 valence electrons. The van der Waals surface area contributed by atoms with Gasteiger partial charge in [0, 0.05) is 23.1 Å². The van der Waals surface area contributed by atoms with Gasteiger partial charge in [-0.1, -0.05) is 37.2 Å². The number of halogens is 4. The van der Waals surface area contributed by atoms with E-state index in [-0.39, 0.29) is 35.5 Å². The van der Waals surface area contributed by atoms with E-state index in [1.54, 1.807) is 30.5 Å². The van der Waals surface area contributed by atoms with Crippen LogP contribution in [0.2, 0.25) is 5.02 Å². The monoisotopic (exact) mass is 619 g/mol. The van der Waals surface area contributed by atoms with Crippen LogP contribution in [0.4, 0.5) is 13.2 Å². The zero-order valence-corrected chi connectivity index (χ0v) is 24.7. The number of benzene rings is 2. The SMILES string of the molecule is C=C(CC)C(=O)Oc1cnc(CN2CCC(c3cccc4c3OC(C)(c3ccc(Cl)cc3F)O4)CC2)n1CCOC(F)F. The van der Waals surface area contributed by atoms with Crippen molar-refractivity contribution < 1.29 is 36.9 Å². The van der Waals surface area contributed by atoms with Crippen LogP contribution in [0.3, 0.4) is 0 Å². The van der Waals surface area contributed by atoms with E-state index >= 15 is 0 Å². The number of hydrogen-bond acceptors (Lipinski definition) is 7. The van der Waals surface area contributed by atoms with Crippen LogP contribution in [0.5, 0.6) is 17.4 Å². The lowest BCUT2D eigenvalue weighted by Gasteiger charge is -2.32. The first-order valence-electron chi connectivity index (χ1n) is 14.1. The predicted molar refractivity (Wildman–Crippen MR) is 153 cm³/mol. The van der Waals surface area contributed by atoms with Gasteiger partial charge in [0.05, 0.1) is 31.5 Å². The van der Waals surface area contributed by atoms with Gasteiger partial charge in [0.25, 0.3) is 5.79 Å². The molecule has 0 spiro atoms. The number of rotatable bonds is 11. The average Bonchev–Trinajstić information content (AvgIpc) is 3.52. The van der Waals surface area contributed by atoms with Crippen LogP contribution in [-0.2, 0) is 28.4 Å². The van der Waals surface area contributed by atoms with Gasteiger partial charge in [-0.3, -0.25) is 9.47 Å². The van der Waals surface area contributed by atoms with Crippen LogP contribution in [0.25, 0.3) is 0 Å². The Kier molecular flexibility index (Phi) is 9.33. The first kappa shape index (κ1) is 30.9. The molecule has 0 bridgehead atoms. The lowest BCUT2D eigenvalue weighted by Crippen LogP contribution is -2.34. The summed E-state index contributed by atoms with van der Waals surface area (Å²) >= 11 is 5.94. The summed E-state index contributed by atoms with van der Waals surface area (Å²) in [5.74, 6) is -0.386. The summed E-state index contributed by atoms with van der Waals surface area (Å²) in [6.45, 7) is 5.89. The van der Waals surface area contributed by atoms with Crippen molar-refractivity contribution in [3.05, 3.63) is 82.5 Å². The van der Waals surface area contributed by atoms with Gasteiger partial charge in [-0.15, -0.1) is 0 Å². The average molecular weight is 620 g/mol. The minimum atomic E-state index is -2.91. The number of piperidine rings is 1. The second kappa shape index (κ2) is 13.0. The molecule has 0 aliphatic carbocycles. The predicted octanol–water partition coefficient (Wildman–Crippen LogP) is 6.81. The van der Waals surface area contributed by atoms with Crippen LogP contribution < -0.4 is 14.2 Å². The Morgan fingerprint density at radius 1 is 1.23 bits per heavy atom. The number of likely N-dealkylation sites (tertiary alicyclic amines) is 1. The molecule has 1 saturated heterocycles. The summed E-state index contributed by atoms with van der Waals surface area (Å²) < 4.78 is 63.9. The highest BCUT2D eigenvalue weighted by Gasteiger charge is 2.43. The Morgan fingerprint density at radius 3 is 2.70 bits per heavy atom. The van der Waals surface area contributed by atoms with E-state index in [0.29, 0.717) is 35.9 Å². The summed E-state index contributed by atoms with van der Waals surface area (Å²) in [5.41, 5.74) is 1.54. The van der Waals surface area contributed by atoms with E-state index in [9.17, 15) is 18.0 Å². The standard InChI is InChI=1S/C31H33ClF3N3O5/c1-4-19(2)29(39)41-27-17-36-26(38(27)14-15-40-30(34)35)18-37-12-10-20(11-13-37)22-6-5-7-25-28(22)43-31(3,42-25)23-9-8-21(32)16-24(23)33/h5-9,16-17,20,30H,2,4,10-15,18H2,1,3H3. The number of hydrogen-bond donors (Lipinski definition) is 0. The fourth-order valence-electron chi connectivity index (χ4n) is 5.43. The van der Waals surface area contributed by atoms with Crippen LogP contribution in [-0.4, -0.2) is 46.7 Å². The molecule has 1 atom stereocenters. The smallest absolute Gasteiger partial charge is 0.345 e. The molecular weight excluding hydrogens is 587 g/mol. The van der Waals surface area contributed by atoms with Gasteiger partial charge in [-0.2, -0.15) is 8.78 Å². The van der Waals surface area contributed by atoms with Crippen molar-refractivity contribution in [2.24, 2.45) is 0 Å². The fourth-order valence-corrected chi connectivity index (χ4v) is 5.59. The number of alkyl halides is 2. The Balaban J connectivity index is 1.26. The number of nitrogens with zero attached hydrogens (tertiary/aromatic N) is 3. The Bertz CT molecular complexity index is 1490. The molecule has 5 rings (SSSR count). The van der Waals surface area contributed by atoms with Gasteiger partial charge in [0.1, 0.15) is 11.6 Å². The topological polar surface area (TPSA) is 75.0 Å². The van der Waals surface area contributed by atoms with Crippen LogP contribution in [0, 0.1) is 5.82 Å². The van der Waals surface area contributed by atoms with Gasteiger partial charge < -0.3 is 18.9 Å². The maximum atomic E-state index is 14.8. The maximum absolute atomic E-state index is 14.8. The summed E-state index contributed by atoms with van der Waals surface area (Å²) in [6.07, 6.45) is 3.44. The molecule has 0 amide bonds. The van der Waals surface area contributed by atoms with E-state index in [1.165, 1.54) is 12.3 Å². The van der Waals surface area contributed by atoms with Crippen molar-refractivity contribution in [3.8, 4) is 17.4 Å². The van der Waals surface area contributed by atoms with E-state index in [0.717, 1.165) is 31.5 Å². The molecular formula is C31H33ClF3N3O5. The molecule has 3 heterocycles. The number of imidazole rings is 1. The summed E-state index contributed by atoms with van der Waals surface area (Å²) in [7, 11) is 0. The summed E-state index contributed by atoms with van der Waals surface area (Å²) in [4.78, 5) is 18.9. The highest BCUT2D eigenvalue weighted by molar-refractivity contribution is 6.30. The molecule has 2 aliphatic rings. The second-order valence-electron chi connectivity index (χ2n) is 10.6. The van der Waals surface area contributed by atoms with E-state index < -0.39 is 24.2 Å². The van der Waals surface area contributed by atoms with Gasteiger partial charge in [0.2, 0.25) is 5.88 Å². The highest BCUT2D eigenvalue weighted by atomic mass is 35.5. The van der Waals surface area contributed by atoms with Gasteiger partial charge in [-0.25, -0.2) is 14.2 Å². The van der Waals surface area contributed by atoms with E-state index in [1.807, 2.05) is 18.2 Å². The van der Waals surface area contributed by atoms with Gasteiger partial charge >= 0.3 is 12.6 Å². The molecule has 1 aromatic heterocycles. The Morgan fingerprint density at radius 2 is 2.00 bits per heavy atom. The molecule has 2 aromatic carbocycles. The van der Waals surface area contributed by atoms with Crippen molar-refractivity contribution in [1.29, 1.82) is 0 Å². The number of para-hydroxylation sites is 1. The van der Waals surface area contributed by atoms with E-state index in [4.69, 9.17) is 25.8 Å². The molecule has 12 heteroatoms. The summed E-state index contributed by atoms with van der Waals surface area (Å²) in [5, 5.41) is 0.288. The molecule has 0 radical (unpaired) electrons. The second-order valence-corrected chi connectivity index (χ2v) is 11.1. The van der Waals surface area contributed by atoms with Crippen molar-refractivity contribution in [2.75, 3.05) is 19.7 Å². The van der Waals surface area contributed by atoms with Crippen LogP contribution >= 0.6 is 11.6 Å². The number of aromatic nitrogens is 2. The number of ether oxygens (including phenoxy) is 4.